The number of nitrogens with one attached hydrogen (secondary N) is 1. The van der Waals surface area contributed by atoms with E-state index in [0.717, 1.165) is 16.8 Å². The van der Waals surface area contributed by atoms with Gasteiger partial charge in [0.25, 0.3) is 11.4 Å². The van der Waals surface area contributed by atoms with Crippen LogP contribution in [-0.2, 0) is 21.3 Å². The van der Waals surface area contributed by atoms with Crippen molar-refractivity contribution in [1.82, 2.24) is 14.1 Å². The molecule has 3 aromatic carbocycles. The average molecular weight is 723 g/mol. The first-order valence-electron chi connectivity index (χ1n) is 15.7. The molecule has 1 aliphatic heterocycles. The average Bonchev–Trinajstić information content (AvgIpc) is 3.55. The summed E-state index contributed by atoms with van der Waals surface area (Å²) in [5.74, 6) is -1.12. The second kappa shape index (κ2) is 13.1. The lowest BCUT2D eigenvalue weighted by atomic mass is 10.0. The summed E-state index contributed by atoms with van der Waals surface area (Å²) in [7, 11) is -3.82. The van der Waals surface area contributed by atoms with Gasteiger partial charge in [-0.15, -0.1) is 5.10 Å². The summed E-state index contributed by atoms with van der Waals surface area (Å²) in [4.78, 5) is 46.6. The smallest absolute Gasteiger partial charge is 0.431 e. The number of fused-ring (bicyclic) bond motifs is 1. The summed E-state index contributed by atoms with van der Waals surface area (Å²) in [6, 6.07) is 13.6. The highest BCUT2D eigenvalue weighted by molar-refractivity contribution is 7.89. The number of carbonyl (C=O) groups excluding carboxylic acids is 2. The van der Waals surface area contributed by atoms with Crippen molar-refractivity contribution in [3.8, 4) is 11.5 Å². The van der Waals surface area contributed by atoms with Crippen LogP contribution in [0, 0.1) is 26.0 Å². The minimum Gasteiger partial charge on any atom is -0.431 e. The van der Waals surface area contributed by atoms with Crippen LogP contribution in [0.1, 0.15) is 49.3 Å². The van der Waals surface area contributed by atoms with E-state index in [1.165, 1.54) is 58.9 Å². The molecule has 0 bridgehead atoms. The fraction of sp³-hybridized carbons (Fsp3) is 0.281. The second-order valence-electron chi connectivity index (χ2n) is 12.1. The van der Waals surface area contributed by atoms with Gasteiger partial charge in [-0.1, -0.05) is 0 Å². The maximum atomic E-state index is 15.8. The molecule has 2 aliphatic carbocycles. The summed E-state index contributed by atoms with van der Waals surface area (Å²) < 4.78 is 60.0. The van der Waals surface area contributed by atoms with Crippen molar-refractivity contribution in [2.75, 3.05) is 5.32 Å². The highest BCUT2D eigenvalue weighted by Crippen LogP contribution is 2.42. The minimum atomic E-state index is -3.82. The number of ether oxygens (including phenoxy) is 3. The third-order valence-electron chi connectivity index (χ3n) is 8.79. The number of aromatic nitrogens is 2. The molecule has 0 saturated heterocycles. The van der Waals surface area contributed by atoms with Gasteiger partial charge in [-0.2, -0.15) is 8.99 Å². The van der Waals surface area contributed by atoms with Gasteiger partial charge in [0.05, 0.1) is 26.1 Å². The van der Waals surface area contributed by atoms with Gasteiger partial charge in [-0.25, -0.2) is 22.4 Å². The number of carbonyl (C=O) groups is 2. The van der Waals surface area contributed by atoms with E-state index in [1.807, 2.05) is 0 Å². The molecule has 264 valence electrons. The molecule has 2 atom stereocenters. The fourth-order valence-electron chi connectivity index (χ4n) is 6.16. The van der Waals surface area contributed by atoms with Gasteiger partial charge in [-0.3, -0.25) is 20.2 Å². The summed E-state index contributed by atoms with van der Waals surface area (Å²) in [6.07, 6.45) is -0.199. The van der Waals surface area contributed by atoms with Gasteiger partial charge < -0.3 is 19.5 Å². The number of nitrogens with zero attached hydrogens (tertiary/aromatic N) is 5. The number of sulfonamides is 1. The zero-order chi connectivity index (χ0) is 36.0. The van der Waals surface area contributed by atoms with Crippen molar-refractivity contribution in [2.45, 2.75) is 61.6 Å². The number of anilines is 2. The Morgan fingerprint density at radius 1 is 0.882 bits per heavy atom. The van der Waals surface area contributed by atoms with Crippen LogP contribution >= 0.6 is 0 Å². The van der Waals surface area contributed by atoms with E-state index in [9.17, 15) is 38.2 Å². The van der Waals surface area contributed by atoms with Crippen molar-refractivity contribution in [1.29, 1.82) is 0 Å². The van der Waals surface area contributed by atoms with Crippen LogP contribution in [-0.4, -0.2) is 56.7 Å². The van der Waals surface area contributed by atoms with Crippen molar-refractivity contribution < 1.29 is 46.5 Å². The van der Waals surface area contributed by atoms with E-state index < -0.39 is 50.0 Å². The van der Waals surface area contributed by atoms with E-state index in [0.29, 0.717) is 31.4 Å². The predicted octanol–water partition coefficient (Wildman–Crippen LogP) is 6.15. The first-order valence-corrected chi connectivity index (χ1v) is 17.1. The van der Waals surface area contributed by atoms with Crippen LogP contribution in [0.4, 0.5) is 36.9 Å². The quantitative estimate of drug-likeness (QED) is 0.0889. The molecule has 4 aromatic rings. The number of benzene rings is 3. The molecular weight excluding hydrogens is 695 g/mol. The molecule has 19 heteroatoms. The summed E-state index contributed by atoms with van der Waals surface area (Å²) in [6.45, 7) is -0.0962. The summed E-state index contributed by atoms with van der Waals surface area (Å²) in [5, 5.41) is 29.1. The molecule has 7 rings (SSSR count). The first kappa shape index (κ1) is 33.5. The van der Waals surface area contributed by atoms with Gasteiger partial charge in [0.2, 0.25) is 10.0 Å². The van der Waals surface area contributed by atoms with Gasteiger partial charge in [0.1, 0.15) is 17.6 Å². The highest BCUT2D eigenvalue weighted by Gasteiger charge is 2.45. The molecule has 0 amide bonds. The van der Waals surface area contributed by atoms with Crippen LogP contribution in [0.3, 0.4) is 0 Å². The standard InChI is InChI=1S/C32H27FN6O11S/c33-30-25-17-36(19-2-3-19)51(46,47)28(25)14-13-26(30)34-29-16-27(37(35-29)31(40)48-22-9-4-20(5-10-22)38(42)43)18-1-8-24(15-18)50-32(41)49-23-11-6-21(7-12-23)39(44)45/h4-7,9-14,16,18-19,24H,1-3,8,15,17H2,(H,34,35)/t18-,24+/m0/s1. The van der Waals surface area contributed by atoms with E-state index in [2.05, 4.69) is 10.4 Å². The number of hydrogen-bond donors (Lipinski definition) is 1. The second-order valence-corrected chi connectivity index (χ2v) is 14.0. The molecule has 1 aromatic heterocycles. The number of nitro benzene ring substituents is 2. The summed E-state index contributed by atoms with van der Waals surface area (Å²) >= 11 is 0. The van der Waals surface area contributed by atoms with E-state index in [1.54, 1.807) is 0 Å². The van der Waals surface area contributed by atoms with Crippen molar-refractivity contribution >= 4 is 45.2 Å². The van der Waals surface area contributed by atoms with E-state index in [4.69, 9.17) is 14.2 Å². The zero-order valence-corrected chi connectivity index (χ0v) is 27.2. The normalized spacial score (nSPS) is 19.2. The molecule has 0 spiro atoms. The predicted molar refractivity (Wildman–Crippen MR) is 173 cm³/mol. The Morgan fingerprint density at radius 2 is 1.51 bits per heavy atom. The van der Waals surface area contributed by atoms with E-state index >= 15 is 4.39 Å². The molecule has 0 radical (unpaired) electrons. The molecule has 17 nitrogen and oxygen atoms in total. The lowest BCUT2D eigenvalue weighted by Gasteiger charge is -2.14. The van der Waals surface area contributed by atoms with Crippen LogP contribution in [0.2, 0.25) is 0 Å². The van der Waals surface area contributed by atoms with Crippen molar-refractivity contribution in [3.63, 3.8) is 0 Å². The third-order valence-corrected chi connectivity index (χ3v) is 10.8. The number of halogens is 1. The van der Waals surface area contributed by atoms with Gasteiger partial charge in [-0.05, 0) is 68.5 Å². The minimum absolute atomic E-state index is 0.00530. The Morgan fingerprint density at radius 3 is 2.12 bits per heavy atom. The van der Waals surface area contributed by atoms with Gasteiger partial charge >= 0.3 is 12.2 Å². The largest absolute Gasteiger partial charge is 0.514 e. The Balaban J connectivity index is 1.11. The van der Waals surface area contributed by atoms with E-state index in [-0.39, 0.29) is 63.8 Å². The maximum absolute atomic E-state index is 15.8. The molecule has 51 heavy (non-hydrogen) atoms. The number of non-ortho nitro benzene ring substituents is 2. The molecule has 0 unspecified atom stereocenters. The summed E-state index contributed by atoms with van der Waals surface area (Å²) in [5.41, 5.74) is -0.111. The van der Waals surface area contributed by atoms with Gasteiger partial charge in [0, 0.05) is 54.4 Å². The lowest BCUT2D eigenvalue weighted by molar-refractivity contribution is -0.385. The Hall–Kier alpha value is -5.95. The van der Waals surface area contributed by atoms with Gasteiger partial charge in [0.15, 0.2) is 11.6 Å². The SMILES string of the molecule is O=C(Oc1ccc([N+](=O)[O-])cc1)O[C@@H]1CC[C@H](c2cc(Nc3ccc4c(c3F)CN(C3CC3)S4(=O)=O)nn2C(=O)Oc2ccc([N+](=O)[O-])cc2)C1. The van der Waals surface area contributed by atoms with Crippen LogP contribution in [0.5, 0.6) is 11.5 Å². The molecular formula is C32H27FN6O11S. The molecule has 1 N–H and O–H groups in total. The maximum Gasteiger partial charge on any atom is 0.514 e. The topological polar surface area (TPSA) is 215 Å². The number of hydrogen-bond acceptors (Lipinski definition) is 13. The molecule has 3 aliphatic rings. The highest BCUT2D eigenvalue weighted by atomic mass is 32.2. The number of nitro groups is 2. The third kappa shape index (κ3) is 6.80. The monoisotopic (exact) mass is 722 g/mol. The molecule has 2 fully saturated rings. The molecule has 2 saturated carbocycles. The van der Waals surface area contributed by atoms with Crippen LogP contribution in [0.15, 0.2) is 71.6 Å². The van der Waals surface area contributed by atoms with Crippen molar-refractivity contribution in [2.24, 2.45) is 0 Å². The Kier molecular flexibility index (Phi) is 8.59. The molecule has 2 heterocycles. The fourth-order valence-corrected chi connectivity index (χ4v) is 8.02. The Labute approximate surface area is 287 Å². The first-order chi connectivity index (χ1) is 24.4. The Bertz CT molecular complexity index is 2170. The number of rotatable bonds is 9. The van der Waals surface area contributed by atoms with Crippen LogP contribution in [0.25, 0.3) is 0 Å². The van der Waals surface area contributed by atoms with Crippen molar-refractivity contribution in [3.05, 3.63) is 104 Å². The van der Waals surface area contributed by atoms with Crippen LogP contribution < -0.4 is 14.8 Å². The zero-order valence-electron chi connectivity index (χ0n) is 26.3. The lowest BCUT2D eigenvalue weighted by Crippen LogP contribution is -2.26.